The van der Waals surface area contributed by atoms with Crippen LogP contribution in [0.5, 0.6) is 11.5 Å². The van der Waals surface area contributed by atoms with Crippen molar-refractivity contribution in [1.82, 2.24) is 9.88 Å². The summed E-state index contributed by atoms with van der Waals surface area (Å²) in [5, 5.41) is 1.25. The number of hydrogen-bond acceptors (Lipinski definition) is 3. The molecule has 0 unspecified atom stereocenters. The third-order valence-corrected chi connectivity index (χ3v) is 5.58. The van der Waals surface area contributed by atoms with Gasteiger partial charge in [0, 0.05) is 29.2 Å². The fourth-order valence-electron chi connectivity index (χ4n) is 4.10. The summed E-state index contributed by atoms with van der Waals surface area (Å²) in [6.45, 7) is 2.69. The van der Waals surface area contributed by atoms with Crippen molar-refractivity contribution in [2.75, 3.05) is 27.3 Å². The highest BCUT2D eigenvalue weighted by Gasteiger charge is 2.23. The lowest BCUT2D eigenvalue weighted by Gasteiger charge is -2.32. The van der Waals surface area contributed by atoms with Crippen LogP contribution < -0.4 is 9.47 Å². The van der Waals surface area contributed by atoms with Gasteiger partial charge >= 0.3 is 0 Å². The number of halogens is 1. The molecule has 0 radical (unpaired) electrons. The molecular weight excluding hydrogens is 343 g/mol. The summed E-state index contributed by atoms with van der Waals surface area (Å²) in [5.74, 6) is 1.95. The van der Waals surface area contributed by atoms with Gasteiger partial charge in [-0.3, -0.25) is 4.90 Å². The molecule has 27 heavy (non-hydrogen) atoms. The van der Waals surface area contributed by atoms with Crippen molar-refractivity contribution in [3.8, 4) is 11.5 Å². The second kappa shape index (κ2) is 7.61. The Bertz CT molecular complexity index is 929. The molecule has 0 spiro atoms. The van der Waals surface area contributed by atoms with Crippen molar-refractivity contribution in [2.24, 2.45) is 0 Å². The Morgan fingerprint density at radius 3 is 2.63 bits per heavy atom. The highest BCUT2D eigenvalue weighted by molar-refractivity contribution is 5.85. The van der Waals surface area contributed by atoms with Crippen LogP contribution in [0.15, 0.2) is 42.6 Å². The van der Waals surface area contributed by atoms with E-state index in [9.17, 15) is 4.39 Å². The number of benzene rings is 2. The molecule has 1 aliphatic heterocycles. The molecule has 0 aliphatic carbocycles. The van der Waals surface area contributed by atoms with Crippen LogP contribution >= 0.6 is 0 Å². The van der Waals surface area contributed by atoms with E-state index in [0.717, 1.165) is 55.1 Å². The first kappa shape index (κ1) is 17.9. The van der Waals surface area contributed by atoms with Gasteiger partial charge in [-0.15, -0.1) is 0 Å². The predicted octanol–water partition coefficient (Wildman–Crippen LogP) is 4.70. The summed E-state index contributed by atoms with van der Waals surface area (Å²) in [6.07, 6.45) is 4.31. The molecular formula is C22H25FN2O2. The smallest absolute Gasteiger partial charge is 0.123 e. The van der Waals surface area contributed by atoms with Gasteiger partial charge in [0.05, 0.1) is 14.2 Å². The molecule has 0 atom stereocenters. The molecule has 0 bridgehead atoms. The Kier molecular flexibility index (Phi) is 5.03. The first-order valence-electron chi connectivity index (χ1n) is 9.37. The summed E-state index contributed by atoms with van der Waals surface area (Å²) < 4.78 is 24.4. The number of likely N-dealkylation sites (tertiary alicyclic amines) is 1. The van der Waals surface area contributed by atoms with Crippen LogP contribution in [-0.4, -0.2) is 37.2 Å². The van der Waals surface area contributed by atoms with Crippen LogP contribution in [0.4, 0.5) is 4.39 Å². The third kappa shape index (κ3) is 3.65. The monoisotopic (exact) mass is 368 g/mol. The number of fused-ring (bicyclic) bond motifs is 1. The van der Waals surface area contributed by atoms with E-state index in [-0.39, 0.29) is 5.82 Å². The Morgan fingerprint density at radius 2 is 1.89 bits per heavy atom. The van der Waals surface area contributed by atoms with Crippen molar-refractivity contribution >= 4 is 10.9 Å². The lowest BCUT2D eigenvalue weighted by molar-refractivity contribution is 0.202. The number of hydrogen-bond donors (Lipinski definition) is 1. The van der Waals surface area contributed by atoms with Gasteiger partial charge in [-0.2, -0.15) is 0 Å². The number of nitrogens with zero attached hydrogens (tertiary/aromatic N) is 1. The minimum absolute atomic E-state index is 0.214. The zero-order valence-electron chi connectivity index (χ0n) is 15.8. The molecule has 4 rings (SSSR count). The van der Waals surface area contributed by atoms with Crippen LogP contribution in [0.1, 0.15) is 29.9 Å². The average Bonchev–Trinajstić information content (AvgIpc) is 3.12. The molecule has 1 fully saturated rings. The molecule has 4 nitrogen and oxygen atoms in total. The molecule has 3 aromatic rings. The number of methoxy groups -OCH3 is 2. The Balaban J connectivity index is 1.46. The molecule has 2 aromatic carbocycles. The predicted molar refractivity (Wildman–Crippen MR) is 105 cm³/mol. The van der Waals surface area contributed by atoms with Crippen molar-refractivity contribution in [3.63, 3.8) is 0 Å². The summed E-state index contributed by atoms with van der Waals surface area (Å²) >= 11 is 0. The quantitative estimate of drug-likeness (QED) is 0.709. The normalized spacial score (nSPS) is 16.0. The van der Waals surface area contributed by atoms with Crippen molar-refractivity contribution in [3.05, 3.63) is 59.5 Å². The Hall–Kier alpha value is -2.53. The summed E-state index contributed by atoms with van der Waals surface area (Å²) in [6, 6.07) is 10.9. The number of rotatable bonds is 5. The highest BCUT2D eigenvalue weighted by atomic mass is 19.1. The van der Waals surface area contributed by atoms with Gasteiger partial charge in [0.15, 0.2) is 0 Å². The molecule has 0 amide bonds. The third-order valence-electron chi connectivity index (χ3n) is 5.58. The first-order chi connectivity index (χ1) is 13.2. The second-order valence-corrected chi connectivity index (χ2v) is 7.16. The molecule has 1 N–H and O–H groups in total. The maximum absolute atomic E-state index is 13.6. The SMILES string of the molecule is COc1ccc2[nH]cc(C3CCN(Cc4cc(F)ccc4OC)CC3)c2c1. The maximum Gasteiger partial charge on any atom is 0.123 e. The van der Waals surface area contributed by atoms with Gasteiger partial charge in [-0.25, -0.2) is 4.39 Å². The van der Waals surface area contributed by atoms with Gasteiger partial charge in [0.2, 0.25) is 0 Å². The van der Waals surface area contributed by atoms with E-state index in [0.29, 0.717) is 5.92 Å². The lowest BCUT2D eigenvalue weighted by atomic mass is 9.89. The molecule has 1 aromatic heterocycles. The lowest BCUT2D eigenvalue weighted by Crippen LogP contribution is -2.32. The molecule has 142 valence electrons. The van der Waals surface area contributed by atoms with Crippen LogP contribution in [-0.2, 0) is 6.54 Å². The van der Waals surface area contributed by atoms with E-state index in [1.807, 2.05) is 6.07 Å². The number of H-pyrrole nitrogens is 1. The van der Waals surface area contributed by atoms with Gasteiger partial charge in [0.1, 0.15) is 17.3 Å². The van der Waals surface area contributed by atoms with E-state index in [4.69, 9.17) is 9.47 Å². The van der Waals surface area contributed by atoms with E-state index >= 15 is 0 Å². The number of aromatic amines is 1. The fraction of sp³-hybridized carbons (Fsp3) is 0.364. The van der Waals surface area contributed by atoms with Gasteiger partial charge in [-0.1, -0.05) is 0 Å². The average molecular weight is 368 g/mol. The Labute approximate surface area is 158 Å². The van der Waals surface area contributed by atoms with E-state index in [1.165, 1.54) is 17.0 Å². The van der Waals surface area contributed by atoms with Crippen molar-refractivity contribution in [1.29, 1.82) is 0 Å². The van der Waals surface area contributed by atoms with Gasteiger partial charge < -0.3 is 14.5 Å². The zero-order chi connectivity index (χ0) is 18.8. The molecule has 1 aliphatic rings. The van der Waals surface area contributed by atoms with E-state index < -0.39 is 0 Å². The topological polar surface area (TPSA) is 37.5 Å². The number of ether oxygens (including phenoxy) is 2. The van der Waals surface area contributed by atoms with Crippen LogP contribution in [0.2, 0.25) is 0 Å². The number of aromatic nitrogens is 1. The summed E-state index contributed by atoms with van der Waals surface area (Å²) in [7, 11) is 3.33. The summed E-state index contributed by atoms with van der Waals surface area (Å²) in [4.78, 5) is 5.76. The molecule has 0 saturated carbocycles. The second-order valence-electron chi connectivity index (χ2n) is 7.16. The van der Waals surface area contributed by atoms with Crippen molar-refractivity contribution < 1.29 is 13.9 Å². The summed E-state index contributed by atoms with van der Waals surface area (Å²) in [5.41, 5.74) is 3.43. The maximum atomic E-state index is 13.6. The highest BCUT2D eigenvalue weighted by Crippen LogP contribution is 2.35. The first-order valence-corrected chi connectivity index (χ1v) is 9.37. The largest absolute Gasteiger partial charge is 0.497 e. The minimum atomic E-state index is -0.214. The minimum Gasteiger partial charge on any atom is -0.497 e. The van der Waals surface area contributed by atoms with Crippen LogP contribution in [0, 0.1) is 5.82 Å². The number of piperidine rings is 1. The molecule has 2 heterocycles. The van der Waals surface area contributed by atoms with Crippen LogP contribution in [0.3, 0.4) is 0 Å². The van der Waals surface area contributed by atoms with Crippen molar-refractivity contribution in [2.45, 2.75) is 25.3 Å². The Morgan fingerprint density at radius 1 is 1.07 bits per heavy atom. The van der Waals surface area contributed by atoms with Gasteiger partial charge in [-0.05, 0) is 73.8 Å². The standard InChI is InChI=1S/C22H25FN2O2/c1-26-18-4-5-21-19(12-18)20(13-24-21)15-7-9-25(10-8-15)14-16-11-17(23)3-6-22(16)27-2/h3-6,11-13,15,24H,7-10,14H2,1-2H3. The number of nitrogens with one attached hydrogen (secondary N) is 1. The fourth-order valence-corrected chi connectivity index (χ4v) is 4.10. The van der Waals surface area contributed by atoms with Crippen LogP contribution in [0.25, 0.3) is 10.9 Å². The molecule has 1 saturated heterocycles. The molecule has 5 heteroatoms. The van der Waals surface area contributed by atoms with E-state index in [1.54, 1.807) is 26.4 Å². The zero-order valence-corrected chi connectivity index (χ0v) is 15.8. The van der Waals surface area contributed by atoms with E-state index in [2.05, 4.69) is 28.2 Å². The van der Waals surface area contributed by atoms with Gasteiger partial charge in [0.25, 0.3) is 0 Å².